The first-order valence-corrected chi connectivity index (χ1v) is 11.6. The first-order chi connectivity index (χ1) is 16.6. The van der Waals surface area contributed by atoms with Gasteiger partial charge in [0.25, 0.3) is 5.91 Å². The molecule has 1 saturated heterocycles. The number of ether oxygens (including phenoxy) is 1. The Balaban J connectivity index is 1.70. The van der Waals surface area contributed by atoms with E-state index >= 15 is 0 Å². The van der Waals surface area contributed by atoms with Crippen LogP contribution in [0.5, 0.6) is 5.75 Å². The summed E-state index contributed by atoms with van der Waals surface area (Å²) >= 11 is 0. The van der Waals surface area contributed by atoms with Crippen LogP contribution >= 0.6 is 0 Å². The van der Waals surface area contributed by atoms with Crippen LogP contribution in [-0.4, -0.2) is 65.3 Å². The summed E-state index contributed by atoms with van der Waals surface area (Å²) in [6, 6.07) is 19.6. The summed E-state index contributed by atoms with van der Waals surface area (Å²) in [7, 11) is 2.03. The molecule has 0 radical (unpaired) electrons. The minimum atomic E-state index is -0.239. The molecule has 0 bridgehead atoms. The number of hydrogen-bond acceptors (Lipinski definition) is 5. The highest BCUT2D eigenvalue weighted by atomic mass is 16.5. The van der Waals surface area contributed by atoms with E-state index in [1.807, 2.05) is 67.8 Å². The Morgan fingerprint density at radius 3 is 2.44 bits per heavy atom. The molecule has 3 aromatic rings. The van der Waals surface area contributed by atoms with Gasteiger partial charge in [-0.15, -0.1) is 0 Å². The summed E-state index contributed by atoms with van der Waals surface area (Å²) < 4.78 is 7.48. The van der Waals surface area contributed by atoms with Crippen LogP contribution < -0.4 is 4.74 Å². The summed E-state index contributed by atoms with van der Waals surface area (Å²) in [5.41, 5.74) is 3.31. The molecule has 0 aliphatic carbocycles. The minimum absolute atomic E-state index is 0.112. The van der Waals surface area contributed by atoms with Crippen LogP contribution in [0.25, 0.3) is 23.0 Å². The zero-order chi connectivity index (χ0) is 23.9. The predicted octanol–water partition coefficient (Wildman–Crippen LogP) is 4.01. The zero-order valence-electron chi connectivity index (χ0n) is 19.6. The third kappa shape index (κ3) is 5.36. The maximum absolute atomic E-state index is 13.1. The van der Waals surface area contributed by atoms with E-state index in [-0.39, 0.29) is 11.5 Å². The number of likely N-dealkylation sites (N-methyl/N-ethyl adjacent to an activating group) is 1. The molecule has 174 valence electrons. The molecule has 0 atom stereocenters. The van der Waals surface area contributed by atoms with Crippen molar-refractivity contribution >= 4 is 12.0 Å². The molecule has 0 saturated carbocycles. The molecular weight excluding hydrogens is 426 g/mol. The molecule has 1 aromatic heterocycles. The first-order valence-electron chi connectivity index (χ1n) is 11.6. The number of aromatic nitrogens is 2. The van der Waals surface area contributed by atoms with Crippen molar-refractivity contribution in [3.63, 3.8) is 0 Å². The predicted molar refractivity (Wildman–Crippen MR) is 132 cm³/mol. The van der Waals surface area contributed by atoms with E-state index in [1.165, 1.54) is 0 Å². The Kier molecular flexibility index (Phi) is 7.41. The molecule has 4 rings (SSSR count). The van der Waals surface area contributed by atoms with Crippen molar-refractivity contribution in [3.05, 3.63) is 71.9 Å². The smallest absolute Gasteiger partial charge is 0.264 e. The van der Waals surface area contributed by atoms with Gasteiger partial charge in [-0.3, -0.25) is 4.79 Å². The van der Waals surface area contributed by atoms with Gasteiger partial charge >= 0.3 is 0 Å². The van der Waals surface area contributed by atoms with Crippen molar-refractivity contribution in [2.24, 2.45) is 0 Å². The molecule has 1 aliphatic rings. The van der Waals surface area contributed by atoms with Crippen molar-refractivity contribution in [2.75, 3.05) is 39.8 Å². The summed E-state index contributed by atoms with van der Waals surface area (Å²) in [5, 5.41) is 14.6. The molecule has 7 nitrogen and oxygen atoms in total. The van der Waals surface area contributed by atoms with Crippen LogP contribution in [0, 0.1) is 11.3 Å². The van der Waals surface area contributed by atoms with Crippen molar-refractivity contribution in [1.29, 1.82) is 5.26 Å². The van der Waals surface area contributed by atoms with Gasteiger partial charge in [0.1, 0.15) is 17.4 Å². The van der Waals surface area contributed by atoms with Crippen LogP contribution in [0.3, 0.4) is 0 Å². The van der Waals surface area contributed by atoms with E-state index in [9.17, 15) is 10.1 Å². The maximum atomic E-state index is 13.1. The summed E-state index contributed by atoms with van der Waals surface area (Å²) in [5.74, 6) is 0.561. The van der Waals surface area contributed by atoms with E-state index in [1.54, 1.807) is 15.7 Å². The summed E-state index contributed by atoms with van der Waals surface area (Å²) in [6.07, 6.45) is 4.46. The number of carbonyl (C=O) groups excluding carboxylic acids is 1. The quantitative estimate of drug-likeness (QED) is 0.398. The standard InChI is InChI=1S/C27H29N5O2/c1-3-17-34-25-11-9-21(10-12-25)26-23(20-32(29-26)24-7-5-4-6-8-24)18-22(19-28)27(33)31-15-13-30(2)14-16-31/h4-12,18,20H,3,13-17H2,1-2H3/b22-18+. The van der Waals surface area contributed by atoms with Crippen LogP contribution in [0.2, 0.25) is 0 Å². The lowest BCUT2D eigenvalue weighted by atomic mass is 10.1. The molecule has 1 fully saturated rings. The number of piperazine rings is 1. The largest absolute Gasteiger partial charge is 0.494 e. The number of hydrogen-bond donors (Lipinski definition) is 0. The zero-order valence-corrected chi connectivity index (χ0v) is 19.6. The number of amides is 1. The summed E-state index contributed by atoms with van der Waals surface area (Å²) in [6.45, 7) is 5.56. The molecule has 7 heteroatoms. The van der Waals surface area contributed by atoms with Crippen molar-refractivity contribution in [1.82, 2.24) is 19.6 Å². The van der Waals surface area contributed by atoms with Gasteiger partial charge in [-0.05, 0) is 55.9 Å². The average molecular weight is 456 g/mol. The second-order valence-corrected chi connectivity index (χ2v) is 8.35. The molecule has 2 heterocycles. The van der Waals surface area contributed by atoms with Gasteiger partial charge < -0.3 is 14.5 Å². The van der Waals surface area contributed by atoms with E-state index < -0.39 is 0 Å². The monoisotopic (exact) mass is 455 g/mol. The highest BCUT2D eigenvalue weighted by Gasteiger charge is 2.23. The van der Waals surface area contributed by atoms with Gasteiger partial charge in [0.2, 0.25) is 0 Å². The van der Waals surface area contributed by atoms with Crippen LogP contribution in [0.4, 0.5) is 0 Å². The third-order valence-electron chi connectivity index (χ3n) is 5.81. The number of benzene rings is 2. The van der Waals surface area contributed by atoms with Gasteiger partial charge in [0, 0.05) is 43.5 Å². The normalized spacial score (nSPS) is 14.6. The molecule has 0 N–H and O–H groups in total. The van der Waals surface area contributed by atoms with Gasteiger partial charge in [0.15, 0.2) is 0 Å². The molecule has 2 aromatic carbocycles. The fraction of sp³-hybridized carbons (Fsp3) is 0.296. The second-order valence-electron chi connectivity index (χ2n) is 8.35. The Morgan fingerprint density at radius 1 is 1.09 bits per heavy atom. The van der Waals surface area contributed by atoms with E-state index in [0.29, 0.717) is 31.0 Å². The SMILES string of the molecule is CCCOc1ccc(-c2nn(-c3ccccc3)cc2/C=C(\C#N)C(=O)N2CCN(C)CC2)cc1. The third-order valence-corrected chi connectivity index (χ3v) is 5.81. The van der Waals surface area contributed by atoms with Gasteiger partial charge in [-0.25, -0.2) is 4.68 Å². The van der Waals surface area contributed by atoms with Gasteiger partial charge in [-0.1, -0.05) is 25.1 Å². The fourth-order valence-electron chi connectivity index (χ4n) is 3.84. The molecule has 1 amide bonds. The average Bonchev–Trinajstić information content (AvgIpc) is 3.31. The molecule has 0 unspecified atom stereocenters. The van der Waals surface area contributed by atoms with Crippen molar-refractivity contribution in [3.8, 4) is 28.8 Å². The lowest BCUT2D eigenvalue weighted by Crippen LogP contribution is -2.47. The Hall–Kier alpha value is -3.89. The Labute approximate surface area is 200 Å². The lowest BCUT2D eigenvalue weighted by molar-refractivity contribution is -0.128. The second kappa shape index (κ2) is 10.8. The molecule has 34 heavy (non-hydrogen) atoms. The highest BCUT2D eigenvalue weighted by Crippen LogP contribution is 2.28. The molecular formula is C27H29N5O2. The number of nitrogens with zero attached hydrogens (tertiary/aromatic N) is 5. The van der Waals surface area contributed by atoms with Crippen LogP contribution in [-0.2, 0) is 4.79 Å². The van der Waals surface area contributed by atoms with E-state index in [0.717, 1.165) is 36.5 Å². The van der Waals surface area contributed by atoms with Crippen LogP contribution in [0.1, 0.15) is 18.9 Å². The maximum Gasteiger partial charge on any atom is 0.264 e. The van der Waals surface area contributed by atoms with Crippen molar-refractivity contribution < 1.29 is 9.53 Å². The van der Waals surface area contributed by atoms with E-state index in [4.69, 9.17) is 9.84 Å². The topological polar surface area (TPSA) is 74.4 Å². The fourth-order valence-corrected chi connectivity index (χ4v) is 3.84. The molecule has 0 spiro atoms. The van der Waals surface area contributed by atoms with E-state index in [2.05, 4.69) is 17.9 Å². The number of nitriles is 1. The number of para-hydroxylation sites is 1. The minimum Gasteiger partial charge on any atom is -0.494 e. The van der Waals surface area contributed by atoms with Crippen LogP contribution in [0.15, 0.2) is 66.4 Å². The Morgan fingerprint density at radius 2 is 1.79 bits per heavy atom. The summed E-state index contributed by atoms with van der Waals surface area (Å²) in [4.78, 5) is 17.0. The number of carbonyl (C=O) groups is 1. The lowest BCUT2D eigenvalue weighted by Gasteiger charge is -2.32. The number of rotatable bonds is 7. The van der Waals surface area contributed by atoms with Gasteiger partial charge in [-0.2, -0.15) is 10.4 Å². The van der Waals surface area contributed by atoms with Gasteiger partial charge in [0.05, 0.1) is 18.0 Å². The Bertz CT molecular complexity index is 1180. The molecule has 1 aliphatic heterocycles. The first kappa shape index (κ1) is 23.3. The highest BCUT2D eigenvalue weighted by molar-refractivity contribution is 6.02. The van der Waals surface area contributed by atoms with Crippen molar-refractivity contribution in [2.45, 2.75) is 13.3 Å².